The number of carbonyl (C=O) groups is 1. The molecule has 3 aromatic rings. The van der Waals surface area contributed by atoms with Crippen LogP contribution in [0.1, 0.15) is 17.5 Å². The zero-order valence-corrected chi connectivity index (χ0v) is 12.8. The average Bonchev–Trinajstić information content (AvgIpc) is 3.14. The van der Waals surface area contributed by atoms with Crippen LogP contribution in [0.25, 0.3) is 11.8 Å². The number of hydrogen-bond acceptors (Lipinski definition) is 2. The normalized spacial score (nSPS) is 11.4. The van der Waals surface area contributed by atoms with Crippen molar-refractivity contribution < 1.29 is 4.79 Å². The van der Waals surface area contributed by atoms with Crippen molar-refractivity contribution >= 4 is 17.6 Å². The van der Waals surface area contributed by atoms with E-state index < -0.39 is 0 Å². The quantitative estimate of drug-likeness (QED) is 0.643. The van der Waals surface area contributed by atoms with Crippen LogP contribution in [0, 0.1) is 0 Å². The summed E-state index contributed by atoms with van der Waals surface area (Å²) in [6.45, 7) is 0. The van der Waals surface area contributed by atoms with Gasteiger partial charge in [0.2, 0.25) is 0 Å². The third-order valence-electron chi connectivity index (χ3n) is 3.62. The highest BCUT2D eigenvalue weighted by Crippen LogP contribution is 2.15. The van der Waals surface area contributed by atoms with E-state index in [0.29, 0.717) is 12.1 Å². The van der Waals surface area contributed by atoms with Crippen molar-refractivity contribution in [2.45, 2.75) is 12.8 Å². The maximum Gasteiger partial charge on any atom is 0.181 e. The average molecular weight is 302 g/mol. The summed E-state index contributed by atoms with van der Waals surface area (Å²) in [5.74, 6) is 0.0846. The van der Waals surface area contributed by atoms with Crippen molar-refractivity contribution in [3.63, 3.8) is 0 Å². The molecular weight excluding hydrogens is 284 g/mol. The predicted molar refractivity (Wildman–Crippen MR) is 92.6 cm³/mol. The first-order valence-electron chi connectivity index (χ1n) is 7.67. The van der Waals surface area contributed by atoms with E-state index in [1.807, 2.05) is 72.8 Å². The molecule has 0 spiro atoms. The van der Waals surface area contributed by atoms with E-state index in [0.717, 1.165) is 12.0 Å². The fraction of sp³-hybridized carbons (Fsp3) is 0.100. The van der Waals surface area contributed by atoms with E-state index >= 15 is 0 Å². The van der Waals surface area contributed by atoms with E-state index in [1.165, 1.54) is 5.56 Å². The lowest BCUT2D eigenvalue weighted by Crippen LogP contribution is -2.10. The van der Waals surface area contributed by atoms with Crippen LogP contribution in [-0.4, -0.2) is 15.6 Å². The lowest BCUT2D eigenvalue weighted by atomic mass is 10.0. The number of rotatable bonds is 6. The highest BCUT2D eigenvalue weighted by molar-refractivity contribution is 6.19. The zero-order chi connectivity index (χ0) is 15.9. The van der Waals surface area contributed by atoms with Gasteiger partial charge in [-0.1, -0.05) is 60.7 Å². The third-order valence-corrected chi connectivity index (χ3v) is 3.62. The lowest BCUT2D eigenvalue weighted by molar-refractivity contribution is -0.114. The topological polar surface area (TPSA) is 34.9 Å². The second-order valence-electron chi connectivity index (χ2n) is 5.30. The molecule has 3 heteroatoms. The van der Waals surface area contributed by atoms with Gasteiger partial charge in [-0.15, -0.1) is 0 Å². The van der Waals surface area contributed by atoms with Crippen LogP contribution in [0.15, 0.2) is 79.1 Å². The first kappa shape index (κ1) is 15.0. The van der Waals surface area contributed by atoms with Crippen LogP contribution in [-0.2, 0) is 11.2 Å². The Balaban J connectivity index is 1.81. The molecule has 0 bridgehead atoms. The van der Waals surface area contributed by atoms with Gasteiger partial charge in [-0.3, -0.25) is 4.79 Å². The Morgan fingerprint density at radius 2 is 1.65 bits per heavy atom. The fourth-order valence-corrected chi connectivity index (χ4v) is 2.42. The number of benzene rings is 2. The van der Waals surface area contributed by atoms with E-state index in [9.17, 15) is 4.79 Å². The third kappa shape index (κ3) is 4.04. The molecule has 114 valence electrons. The molecule has 1 aromatic heterocycles. The number of Topliss-reactive ketones (excluding diaryl/α,β-unsaturated/α-hetero) is 1. The van der Waals surface area contributed by atoms with E-state index in [-0.39, 0.29) is 5.78 Å². The number of carbonyl (C=O) groups excluding carboxylic acids is 1. The molecule has 23 heavy (non-hydrogen) atoms. The van der Waals surface area contributed by atoms with Gasteiger partial charge in [0.05, 0.1) is 0 Å². The number of nitrogens with zero attached hydrogens (tertiary/aromatic N) is 2. The molecule has 0 unspecified atom stereocenters. The molecule has 1 heterocycles. The van der Waals surface area contributed by atoms with Crippen molar-refractivity contribution in [1.29, 1.82) is 0 Å². The van der Waals surface area contributed by atoms with Gasteiger partial charge in [-0.25, -0.2) is 4.68 Å². The summed E-state index contributed by atoms with van der Waals surface area (Å²) in [6, 6.07) is 21.7. The van der Waals surface area contributed by atoms with Crippen LogP contribution in [0.4, 0.5) is 0 Å². The molecule has 3 rings (SSSR count). The first-order chi connectivity index (χ1) is 11.3. The van der Waals surface area contributed by atoms with Gasteiger partial charge in [0.25, 0.3) is 0 Å². The molecule has 0 atom stereocenters. The summed E-state index contributed by atoms with van der Waals surface area (Å²) in [5.41, 5.74) is 2.75. The lowest BCUT2D eigenvalue weighted by Gasteiger charge is -2.08. The second kappa shape index (κ2) is 7.36. The zero-order valence-electron chi connectivity index (χ0n) is 12.8. The Kier molecular flexibility index (Phi) is 4.79. The number of hydrogen-bond donors (Lipinski definition) is 0. The Morgan fingerprint density at radius 3 is 2.30 bits per heavy atom. The van der Waals surface area contributed by atoms with Gasteiger partial charge in [0.15, 0.2) is 5.78 Å². The molecular formula is C20H18N2O. The van der Waals surface area contributed by atoms with Crippen LogP contribution in [0.3, 0.4) is 0 Å². The predicted octanol–water partition coefficient (Wildman–Crippen LogP) is 4.08. The molecule has 0 saturated carbocycles. The van der Waals surface area contributed by atoms with Crippen LogP contribution < -0.4 is 0 Å². The minimum Gasteiger partial charge on any atom is -0.292 e. The second-order valence-corrected chi connectivity index (χ2v) is 5.30. The Bertz CT molecular complexity index is 775. The number of allylic oxidation sites excluding steroid dienone is 1. The highest BCUT2D eigenvalue weighted by Gasteiger charge is 2.12. The number of aromatic nitrogens is 2. The van der Waals surface area contributed by atoms with Crippen molar-refractivity contribution in [3.05, 3.63) is 90.3 Å². The maximum atomic E-state index is 12.7. The van der Waals surface area contributed by atoms with E-state index in [4.69, 9.17) is 0 Å². The SMILES string of the molecule is O=C(CCc1ccccc1)/C(=C/c1ccccc1)n1cccn1. The minimum atomic E-state index is 0.0846. The minimum absolute atomic E-state index is 0.0846. The molecule has 0 fully saturated rings. The standard InChI is InChI=1S/C20H18N2O/c23-20(13-12-17-8-3-1-4-9-17)19(22-15-7-14-21-22)16-18-10-5-2-6-11-18/h1-11,14-16H,12-13H2/b19-16-. The van der Waals surface area contributed by atoms with Crippen molar-refractivity contribution in [3.8, 4) is 0 Å². The van der Waals surface area contributed by atoms with Crippen molar-refractivity contribution in [1.82, 2.24) is 9.78 Å². The summed E-state index contributed by atoms with van der Waals surface area (Å²) >= 11 is 0. The Hall–Kier alpha value is -2.94. The summed E-state index contributed by atoms with van der Waals surface area (Å²) in [4.78, 5) is 12.7. The van der Waals surface area contributed by atoms with Crippen LogP contribution >= 0.6 is 0 Å². The monoisotopic (exact) mass is 302 g/mol. The van der Waals surface area contributed by atoms with Crippen molar-refractivity contribution in [2.24, 2.45) is 0 Å². The molecule has 0 aliphatic rings. The first-order valence-corrected chi connectivity index (χ1v) is 7.67. The van der Waals surface area contributed by atoms with Crippen LogP contribution in [0.2, 0.25) is 0 Å². The Morgan fingerprint density at radius 1 is 0.957 bits per heavy atom. The van der Waals surface area contributed by atoms with Gasteiger partial charge < -0.3 is 0 Å². The fourth-order valence-electron chi connectivity index (χ4n) is 2.42. The summed E-state index contributed by atoms with van der Waals surface area (Å²) in [5, 5.41) is 4.22. The van der Waals surface area contributed by atoms with E-state index in [1.54, 1.807) is 17.1 Å². The summed E-state index contributed by atoms with van der Waals surface area (Å²) < 4.78 is 1.64. The smallest absolute Gasteiger partial charge is 0.181 e. The van der Waals surface area contributed by atoms with Gasteiger partial charge in [-0.2, -0.15) is 5.10 Å². The van der Waals surface area contributed by atoms with Gasteiger partial charge in [0, 0.05) is 18.8 Å². The largest absolute Gasteiger partial charge is 0.292 e. The molecule has 2 aromatic carbocycles. The Labute approximate surface area is 135 Å². The van der Waals surface area contributed by atoms with Gasteiger partial charge >= 0.3 is 0 Å². The van der Waals surface area contributed by atoms with Crippen molar-refractivity contribution in [2.75, 3.05) is 0 Å². The molecule has 0 saturated heterocycles. The molecule has 0 amide bonds. The number of ketones is 1. The number of aryl methyl sites for hydroxylation is 1. The molecule has 0 N–H and O–H groups in total. The van der Waals surface area contributed by atoms with E-state index in [2.05, 4.69) is 5.10 Å². The van der Waals surface area contributed by atoms with Gasteiger partial charge in [-0.05, 0) is 29.7 Å². The van der Waals surface area contributed by atoms with Gasteiger partial charge in [0.1, 0.15) is 5.70 Å². The molecule has 3 nitrogen and oxygen atoms in total. The molecule has 0 aliphatic carbocycles. The summed E-state index contributed by atoms with van der Waals surface area (Å²) in [7, 11) is 0. The maximum absolute atomic E-state index is 12.7. The molecule has 0 aliphatic heterocycles. The summed E-state index contributed by atoms with van der Waals surface area (Å²) in [6.07, 6.45) is 6.56. The van der Waals surface area contributed by atoms with Crippen LogP contribution in [0.5, 0.6) is 0 Å². The molecule has 0 radical (unpaired) electrons. The highest BCUT2D eigenvalue weighted by atomic mass is 16.1.